The average Bonchev–Trinajstić information content (AvgIpc) is 3.11. The van der Waals surface area contributed by atoms with Crippen LogP contribution in [-0.2, 0) is 37.0 Å². The molecule has 1 aliphatic heterocycles. The van der Waals surface area contributed by atoms with Gasteiger partial charge in [-0.15, -0.1) is 0 Å². The lowest BCUT2D eigenvalue weighted by atomic mass is 9.90. The zero-order valence-corrected chi connectivity index (χ0v) is 28.9. The number of phenols is 1. The Kier molecular flexibility index (Phi) is 12.4. The second-order valence-corrected chi connectivity index (χ2v) is 12.9. The van der Waals surface area contributed by atoms with Gasteiger partial charge in [0.05, 0.1) is 24.9 Å². The summed E-state index contributed by atoms with van der Waals surface area (Å²) in [7, 11) is 1.94. The molecule has 5 rings (SSSR count). The lowest BCUT2D eigenvalue weighted by Gasteiger charge is -2.42. The fourth-order valence-corrected chi connectivity index (χ4v) is 6.17. The van der Waals surface area contributed by atoms with Crippen molar-refractivity contribution in [1.29, 1.82) is 0 Å². The summed E-state index contributed by atoms with van der Waals surface area (Å²) in [6, 6.07) is 30.3. The van der Waals surface area contributed by atoms with E-state index in [1.54, 1.807) is 24.3 Å². The number of aromatic hydroxyl groups is 1. The highest BCUT2D eigenvalue weighted by Gasteiger charge is 2.39. The van der Waals surface area contributed by atoms with Gasteiger partial charge >= 0.3 is 5.97 Å². The topological polar surface area (TPSA) is 138 Å². The zero-order chi connectivity index (χ0) is 35.8. The Morgan fingerprint density at radius 1 is 0.900 bits per heavy atom. The molecule has 1 heterocycles. The number of aliphatic hydroxyl groups excluding tert-OH is 2. The molecule has 264 valence electrons. The highest BCUT2D eigenvalue weighted by atomic mass is 16.7. The maximum atomic E-state index is 12.3. The first-order chi connectivity index (χ1) is 24.0. The Labute approximate surface area is 293 Å². The lowest BCUT2D eigenvalue weighted by molar-refractivity contribution is -0.276. The molecule has 4 N–H and O–H groups in total. The summed E-state index contributed by atoms with van der Waals surface area (Å²) in [4.78, 5) is 25.5. The van der Waals surface area contributed by atoms with Crippen LogP contribution in [0.2, 0.25) is 0 Å². The minimum atomic E-state index is -0.869. The summed E-state index contributed by atoms with van der Waals surface area (Å²) < 4.78 is 18.2. The van der Waals surface area contributed by atoms with Gasteiger partial charge in [0.15, 0.2) is 12.4 Å². The third-order valence-electron chi connectivity index (χ3n) is 8.98. The van der Waals surface area contributed by atoms with Crippen molar-refractivity contribution in [2.45, 2.75) is 64.6 Å². The van der Waals surface area contributed by atoms with E-state index in [-0.39, 0.29) is 36.4 Å². The molecule has 6 unspecified atom stereocenters. The van der Waals surface area contributed by atoms with Crippen LogP contribution in [0.5, 0.6) is 5.75 Å². The van der Waals surface area contributed by atoms with Gasteiger partial charge in [-0.2, -0.15) is 0 Å². The molecule has 0 bridgehead atoms. The Morgan fingerprint density at radius 3 is 2.28 bits per heavy atom. The summed E-state index contributed by atoms with van der Waals surface area (Å²) in [6.45, 7) is 6.03. The van der Waals surface area contributed by atoms with Gasteiger partial charge in [-0.3, -0.25) is 9.59 Å². The van der Waals surface area contributed by atoms with E-state index in [1.807, 2.05) is 84.7 Å². The lowest BCUT2D eigenvalue weighted by Crippen LogP contribution is -2.44. The summed E-state index contributed by atoms with van der Waals surface area (Å²) in [6.07, 6.45) is -2.84. The van der Waals surface area contributed by atoms with Crippen LogP contribution in [0.25, 0.3) is 11.1 Å². The summed E-state index contributed by atoms with van der Waals surface area (Å²) in [5, 5.41) is 33.2. The van der Waals surface area contributed by atoms with Gasteiger partial charge in [-0.25, -0.2) is 0 Å². The zero-order valence-electron chi connectivity index (χ0n) is 28.9. The van der Waals surface area contributed by atoms with Gasteiger partial charge < -0.3 is 39.7 Å². The third-order valence-corrected chi connectivity index (χ3v) is 8.98. The predicted molar refractivity (Wildman–Crippen MR) is 188 cm³/mol. The van der Waals surface area contributed by atoms with Crippen molar-refractivity contribution in [2.75, 3.05) is 20.1 Å². The number of benzene rings is 4. The van der Waals surface area contributed by atoms with E-state index in [2.05, 4.69) is 12.2 Å². The molecule has 1 saturated heterocycles. The molecule has 4 aromatic carbocycles. The summed E-state index contributed by atoms with van der Waals surface area (Å²) in [5.74, 6) is -0.797. The van der Waals surface area contributed by atoms with Gasteiger partial charge in [0.25, 0.3) is 5.91 Å². The van der Waals surface area contributed by atoms with Gasteiger partial charge in [-0.05, 0) is 65.6 Å². The molecule has 1 aliphatic rings. The highest BCUT2D eigenvalue weighted by molar-refractivity contribution is 5.82. The van der Waals surface area contributed by atoms with E-state index in [9.17, 15) is 24.9 Å². The SMILES string of the molecule is CC(=O)OC(C)C(=O)NCc1cccc(-c2ccc(C3OC(CN(C)CC(O)c4cccc(O)c4)C(C)C(c4ccc(CO)cc4)O3)cc2)c1. The third kappa shape index (κ3) is 9.56. The monoisotopic (exact) mass is 682 g/mol. The summed E-state index contributed by atoms with van der Waals surface area (Å²) in [5.41, 5.74) is 6.16. The molecule has 4 aromatic rings. The van der Waals surface area contributed by atoms with Crippen molar-refractivity contribution < 1.29 is 39.1 Å². The molecule has 0 aromatic heterocycles. The first kappa shape index (κ1) is 36.7. The molecule has 6 atom stereocenters. The maximum Gasteiger partial charge on any atom is 0.303 e. The molecule has 0 aliphatic carbocycles. The van der Waals surface area contributed by atoms with Crippen LogP contribution in [0.3, 0.4) is 0 Å². The fraction of sp³-hybridized carbons (Fsp3) is 0.350. The maximum absolute atomic E-state index is 12.3. The largest absolute Gasteiger partial charge is 0.508 e. The molecule has 0 radical (unpaired) electrons. The molecule has 50 heavy (non-hydrogen) atoms. The smallest absolute Gasteiger partial charge is 0.303 e. The van der Waals surface area contributed by atoms with E-state index in [4.69, 9.17) is 14.2 Å². The number of rotatable bonds is 13. The number of ether oxygens (including phenoxy) is 3. The number of carbonyl (C=O) groups is 2. The van der Waals surface area contributed by atoms with Crippen LogP contribution < -0.4 is 5.32 Å². The van der Waals surface area contributed by atoms with Crippen LogP contribution >= 0.6 is 0 Å². The number of phenolic OH excluding ortho intramolecular Hbond substituents is 1. The standard InChI is InChI=1S/C40H46N2O8/c1-25-37(23-42(4)22-36(46)34-9-6-10-35(45)20-34)49-40(50-38(25)31-13-11-28(24-43)12-14-31)32-17-15-30(16-18-32)33-8-5-7-29(19-33)21-41-39(47)26(2)48-27(3)44/h5-20,25-26,36-38,40,43,45-46H,21-24H2,1-4H3,(H,41,47). The molecular formula is C40H46N2O8. The highest BCUT2D eigenvalue weighted by Crippen LogP contribution is 2.42. The summed E-state index contributed by atoms with van der Waals surface area (Å²) >= 11 is 0. The van der Waals surface area contributed by atoms with Crippen molar-refractivity contribution in [3.63, 3.8) is 0 Å². The van der Waals surface area contributed by atoms with Crippen molar-refractivity contribution in [2.24, 2.45) is 5.92 Å². The number of nitrogens with one attached hydrogen (secondary N) is 1. The average molecular weight is 683 g/mol. The number of hydrogen-bond acceptors (Lipinski definition) is 9. The first-order valence-corrected chi connectivity index (χ1v) is 16.8. The minimum Gasteiger partial charge on any atom is -0.508 e. The predicted octanol–water partition coefficient (Wildman–Crippen LogP) is 5.58. The molecule has 1 amide bonds. The van der Waals surface area contributed by atoms with Crippen LogP contribution in [0.1, 0.15) is 67.1 Å². The fourth-order valence-electron chi connectivity index (χ4n) is 6.17. The van der Waals surface area contributed by atoms with E-state index in [1.165, 1.54) is 13.8 Å². The van der Waals surface area contributed by atoms with E-state index in [0.717, 1.165) is 33.4 Å². The number of likely N-dealkylation sites (N-methyl/N-ethyl adjacent to an activating group) is 1. The van der Waals surface area contributed by atoms with Crippen molar-refractivity contribution in [3.8, 4) is 16.9 Å². The van der Waals surface area contributed by atoms with Crippen molar-refractivity contribution >= 4 is 11.9 Å². The Balaban J connectivity index is 1.31. The quantitative estimate of drug-likeness (QED) is 0.133. The van der Waals surface area contributed by atoms with Gasteiger partial charge in [0, 0.05) is 38.0 Å². The van der Waals surface area contributed by atoms with E-state index < -0.39 is 24.5 Å². The minimum absolute atomic E-state index is 0.0360. The Morgan fingerprint density at radius 2 is 1.60 bits per heavy atom. The molecule has 0 spiro atoms. The molecular weight excluding hydrogens is 636 g/mol. The number of nitrogens with zero attached hydrogens (tertiary/aromatic N) is 1. The first-order valence-electron chi connectivity index (χ1n) is 16.8. The van der Waals surface area contributed by atoms with Crippen LogP contribution in [-0.4, -0.2) is 64.4 Å². The second-order valence-electron chi connectivity index (χ2n) is 12.9. The number of amides is 1. The number of hydrogen-bond donors (Lipinski definition) is 4. The second kappa shape index (κ2) is 16.9. The molecule has 10 nitrogen and oxygen atoms in total. The van der Waals surface area contributed by atoms with E-state index >= 15 is 0 Å². The van der Waals surface area contributed by atoms with Gasteiger partial charge in [0.1, 0.15) is 5.75 Å². The molecule has 10 heteroatoms. The van der Waals surface area contributed by atoms with Gasteiger partial charge in [0.2, 0.25) is 0 Å². The Bertz CT molecular complexity index is 1730. The normalized spacial score (nSPS) is 20.2. The van der Waals surface area contributed by atoms with Crippen LogP contribution in [0.4, 0.5) is 0 Å². The van der Waals surface area contributed by atoms with Gasteiger partial charge in [-0.1, -0.05) is 85.8 Å². The Hall–Kier alpha value is -4.58. The van der Waals surface area contributed by atoms with Crippen molar-refractivity contribution in [1.82, 2.24) is 10.2 Å². The molecule has 0 saturated carbocycles. The number of aliphatic hydroxyl groups is 2. The van der Waals surface area contributed by atoms with Crippen LogP contribution in [0, 0.1) is 5.92 Å². The number of carbonyl (C=O) groups excluding carboxylic acids is 2. The van der Waals surface area contributed by atoms with Crippen molar-refractivity contribution in [3.05, 3.63) is 125 Å². The van der Waals surface area contributed by atoms with Crippen LogP contribution in [0.15, 0.2) is 97.1 Å². The molecule has 1 fully saturated rings. The number of esters is 1. The van der Waals surface area contributed by atoms with E-state index in [0.29, 0.717) is 25.2 Å².